The topological polar surface area (TPSA) is 95.2 Å². The largest absolute Gasteiger partial charge is 0.338 e. The maximum absolute atomic E-state index is 12.9. The van der Waals surface area contributed by atoms with Crippen molar-refractivity contribution in [3.8, 4) is 11.4 Å². The molecule has 2 aromatic carbocycles. The number of amides is 1. The van der Waals surface area contributed by atoms with E-state index in [9.17, 15) is 13.2 Å². The lowest BCUT2D eigenvalue weighted by Crippen LogP contribution is -2.29. The first-order valence-corrected chi connectivity index (χ1v) is 12.8. The van der Waals surface area contributed by atoms with Crippen molar-refractivity contribution in [3.05, 3.63) is 63.8 Å². The second-order valence-electron chi connectivity index (χ2n) is 7.48. The fourth-order valence-electron chi connectivity index (χ4n) is 3.79. The van der Waals surface area contributed by atoms with Gasteiger partial charge in [-0.2, -0.15) is 4.31 Å². The number of imidazole rings is 1. The number of fused-ring (bicyclic) bond motifs is 1. The Kier molecular flexibility index (Phi) is 5.50. The third-order valence-corrected chi connectivity index (χ3v) is 8.70. The van der Waals surface area contributed by atoms with E-state index in [0.717, 1.165) is 40.8 Å². The van der Waals surface area contributed by atoms with E-state index in [1.165, 1.54) is 10.4 Å². The molecule has 2 aromatic heterocycles. The number of aromatic nitrogens is 2. The summed E-state index contributed by atoms with van der Waals surface area (Å²) in [4.78, 5) is 21.0. The van der Waals surface area contributed by atoms with E-state index in [1.54, 1.807) is 29.6 Å². The van der Waals surface area contributed by atoms with Crippen molar-refractivity contribution in [2.24, 2.45) is 0 Å². The first kappa shape index (κ1) is 21.1. The van der Waals surface area contributed by atoms with Gasteiger partial charge in [-0.15, -0.1) is 11.3 Å². The van der Waals surface area contributed by atoms with Gasteiger partial charge in [0, 0.05) is 24.3 Å². The second kappa shape index (κ2) is 8.32. The van der Waals surface area contributed by atoms with Crippen molar-refractivity contribution in [2.45, 2.75) is 17.7 Å². The highest BCUT2D eigenvalue weighted by molar-refractivity contribution is 7.89. The molecule has 2 N–H and O–H groups in total. The highest BCUT2D eigenvalue weighted by atomic mass is 35.5. The quantitative estimate of drug-likeness (QED) is 0.415. The molecule has 4 aromatic rings. The number of nitrogens with zero attached hydrogens (tertiary/aromatic N) is 2. The summed E-state index contributed by atoms with van der Waals surface area (Å²) >= 11 is 7.39. The minimum atomic E-state index is -3.68. The predicted molar refractivity (Wildman–Crippen MR) is 127 cm³/mol. The van der Waals surface area contributed by atoms with Gasteiger partial charge in [-0.3, -0.25) is 4.79 Å². The molecule has 3 heterocycles. The first-order chi connectivity index (χ1) is 15.4. The number of benzene rings is 2. The van der Waals surface area contributed by atoms with Gasteiger partial charge in [0.15, 0.2) is 0 Å². The summed E-state index contributed by atoms with van der Waals surface area (Å²) in [6, 6.07) is 14.2. The molecule has 0 aliphatic carbocycles. The van der Waals surface area contributed by atoms with E-state index in [1.807, 2.05) is 18.2 Å². The molecule has 1 aliphatic rings. The van der Waals surface area contributed by atoms with Gasteiger partial charge in [0.2, 0.25) is 10.0 Å². The Morgan fingerprint density at radius 2 is 1.91 bits per heavy atom. The van der Waals surface area contributed by atoms with Gasteiger partial charge in [-0.05, 0) is 54.6 Å². The summed E-state index contributed by atoms with van der Waals surface area (Å²) in [5.41, 5.74) is 2.78. The van der Waals surface area contributed by atoms with Crippen LogP contribution in [-0.2, 0) is 10.0 Å². The van der Waals surface area contributed by atoms with E-state index < -0.39 is 15.9 Å². The van der Waals surface area contributed by atoms with Crippen molar-refractivity contribution in [2.75, 3.05) is 18.4 Å². The van der Waals surface area contributed by atoms with Gasteiger partial charge in [-0.25, -0.2) is 13.4 Å². The van der Waals surface area contributed by atoms with E-state index in [4.69, 9.17) is 11.6 Å². The standard InChI is InChI=1S/C22H19ClN4O3S2/c23-16-6-2-1-5-15(16)21-25-17-8-7-14(13-18(17)26-21)24-22(28)20-19(9-12-31-20)32(29,30)27-10-3-4-11-27/h1-2,5-9,12-13H,3-4,10-11H2,(H,24,28)(H,25,26). The summed E-state index contributed by atoms with van der Waals surface area (Å²) in [5.74, 6) is 0.175. The maximum Gasteiger partial charge on any atom is 0.267 e. The number of aromatic amines is 1. The molecule has 0 unspecified atom stereocenters. The molecule has 0 atom stereocenters. The van der Waals surface area contributed by atoms with Crippen LogP contribution < -0.4 is 5.32 Å². The number of carbonyl (C=O) groups is 1. The lowest BCUT2D eigenvalue weighted by atomic mass is 10.2. The third-order valence-electron chi connectivity index (χ3n) is 5.39. The number of rotatable bonds is 5. The summed E-state index contributed by atoms with van der Waals surface area (Å²) < 4.78 is 27.3. The molecule has 32 heavy (non-hydrogen) atoms. The van der Waals surface area contributed by atoms with Crippen molar-refractivity contribution in [1.82, 2.24) is 14.3 Å². The van der Waals surface area contributed by atoms with Crippen LogP contribution in [0.4, 0.5) is 5.69 Å². The Bertz CT molecular complexity index is 1420. The molecule has 0 saturated carbocycles. The Hall–Kier alpha value is -2.72. The number of thiophene rings is 1. The number of hydrogen-bond acceptors (Lipinski definition) is 5. The lowest BCUT2D eigenvalue weighted by Gasteiger charge is -2.15. The Balaban J connectivity index is 1.41. The molecule has 1 amide bonds. The normalized spacial score (nSPS) is 14.8. The van der Waals surface area contributed by atoms with Crippen molar-refractivity contribution >= 4 is 55.6 Å². The molecule has 7 nitrogen and oxygen atoms in total. The number of hydrogen-bond donors (Lipinski definition) is 2. The van der Waals surface area contributed by atoms with Gasteiger partial charge in [0.1, 0.15) is 15.6 Å². The molecular formula is C22H19ClN4O3S2. The Morgan fingerprint density at radius 1 is 1.12 bits per heavy atom. The average Bonchev–Trinajstić information content (AvgIpc) is 3.54. The van der Waals surface area contributed by atoms with Gasteiger partial charge in [0.25, 0.3) is 5.91 Å². The van der Waals surface area contributed by atoms with Crippen LogP contribution in [-0.4, -0.2) is 41.7 Å². The van der Waals surface area contributed by atoms with Crippen LogP contribution in [0.2, 0.25) is 5.02 Å². The highest BCUT2D eigenvalue weighted by Gasteiger charge is 2.31. The molecule has 0 bridgehead atoms. The van der Waals surface area contributed by atoms with Gasteiger partial charge in [0.05, 0.1) is 16.1 Å². The summed E-state index contributed by atoms with van der Waals surface area (Å²) in [6.07, 6.45) is 1.68. The van der Waals surface area contributed by atoms with E-state index >= 15 is 0 Å². The third kappa shape index (κ3) is 3.81. The van der Waals surface area contributed by atoms with Crippen LogP contribution in [0.15, 0.2) is 58.8 Å². The molecular weight excluding hydrogens is 468 g/mol. The Labute approximate surface area is 194 Å². The number of halogens is 1. The molecule has 1 fully saturated rings. The van der Waals surface area contributed by atoms with E-state index in [0.29, 0.717) is 29.6 Å². The highest BCUT2D eigenvalue weighted by Crippen LogP contribution is 2.30. The summed E-state index contributed by atoms with van der Waals surface area (Å²) in [7, 11) is -3.68. The van der Waals surface area contributed by atoms with Crippen LogP contribution in [0.1, 0.15) is 22.5 Å². The number of H-pyrrole nitrogens is 1. The van der Waals surface area contributed by atoms with Crippen molar-refractivity contribution in [3.63, 3.8) is 0 Å². The lowest BCUT2D eigenvalue weighted by molar-refractivity contribution is 0.102. The van der Waals surface area contributed by atoms with Crippen LogP contribution >= 0.6 is 22.9 Å². The van der Waals surface area contributed by atoms with Crippen molar-refractivity contribution in [1.29, 1.82) is 0 Å². The maximum atomic E-state index is 12.9. The number of anilines is 1. The predicted octanol–water partition coefficient (Wildman–Crippen LogP) is 4.98. The molecule has 10 heteroatoms. The van der Waals surface area contributed by atoms with Crippen LogP contribution in [0.3, 0.4) is 0 Å². The van der Waals surface area contributed by atoms with Gasteiger partial charge < -0.3 is 10.3 Å². The zero-order valence-electron chi connectivity index (χ0n) is 16.8. The first-order valence-electron chi connectivity index (χ1n) is 10.1. The molecule has 0 spiro atoms. The molecule has 5 rings (SSSR count). The summed E-state index contributed by atoms with van der Waals surface area (Å²) in [6.45, 7) is 0.979. The molecule has 1 aliphatic heterocycles. The zero-order chi connectivity index (χ0) is 22.3. The Morgan fingerprint density at radius 3 is 2.69 bits per heavy atom. The second-order valence-corrected chi connectivity index (χ2v) is 10.7. The van der Waals surface area contributed by atoms with Crippen LogP contribution in [0, 0.1) is 0 Å². The van der Waals surface area contributed by atoms with Crippen LogP contribution in [0.25, 0.3) is 22.4 Å². The number of nitrogens with one attached hydrogen (secondary N) is 2. The van der Waals surface area contributed by atoms with Gasteiger partial charge in [-0.1, -0.05) is 23.7 Å². The zero-order valence-corrected chi connectivity index (χ0v) is 19.2. The van der Waals surface area contributed by atoms with Crippen molar-refractivity contribution < 1.29 is 13.2 Å². The minimum absolute atomic E-state index is 0.0607. The van der Waals surface area contributed by atoms with Gasteiger partial charge >= 0.3 is 0 Å². The summed E-state index contributed by atoms with van der Waals surface area (Å²) in [5, 5.41) is 5.03. The minimum Gasteiger partial charge on any atom is -0.338 e. The fourth-order valence-corrected chi connectivity index (χ4v) is 6.83. The molecule has 0 radical (unpaired) electrons. The monoisotopic (exact) mass is 486 g/mol. The molecule has 164 valence electrons. The number of sulfonamides is 1. The van der Waals surface area contributed by atoms with E-state index in [-0.39, 0.29) is 9.77 Å². The molecule has 1 saturated heterocycles. The SMILES string of the molecule is O=C(Nc1ccc2nc(-c3ccccc3Cl)[nH]c2c1)c1sccc1S(=O)(=O)N1CCCC1. The smallest absolute Gasteiger partial charge is 0.267 e. The number of carbonyl (C=O) groups excluding carboxylic acids is 1. The fraction of sp³-hybridized carbons (Fsp3) is 0.182. The van der Waals surface area contributed by atoms with Crippen LogP contribution in [0.5, 0.6) is 0 Å². The van der Waals surface area contributed by atoms with E-state index in [2.05, 4.69) is 15.3 Å². The average molecular weight is 487 g/mol.